The van der Waals surface area contributed by atoms with Gasteiger partial charge in [-0.3, -0.25) is 9.59 Å². The van der Waals surface area contributed by atoms with E-state index >= 15 is 0 Å². The molecule has 4 heteroatoms. The minimum Gasteiger partial charge on any atom is -0.343 e. The first-order valence-electron chi connectivity index (χ1n) is 7.20. The van der Waals surface area contributed by atoms with Crippen molar-refractivity contribution in [1.82, 2.24) is 10.2 Å². The number of amides is 2. The van der Waals surface area contributed by atoms with Gasteiger partial charge in [-0.05, 0) is 18.8 Å². The summed E-state index contributed by atoms with van der Waals surface area (Å²) in [5.74, 6) is 0.594. The van der Waals surface area contributed by atoms with Crippen LogP contribution in [0.4, 0.5) is 0 Å². The summed E-state index contributed by atoms with van der Waals surface area (Å²) in [6.07, 6.45) is 5.27. The van der Waals surface area contributed by atoms with Crippen LogP contribution in [0.5, 0.6) is 0 Å². The number of carbonyl (C=O) groups is 2. The Morgan fingerprint density at radius 1 is 1.33 bits per heavy atom. The maximum Gasteiger partial charge on any atom is 0.245 e. The summed E-state index contributed by atoms with van der Waals surface area (Å²) in [6, 6.07) is -0.310. The Bertz CT molecular complexity index is 292. The van der Waals surface area contributed by atoms with Gasteiger partial charge < -0.3 is 10.2 Å². The molecule has 1 fully saturated rings. The molecule has 0 spiro atoms. The van der Waals surface area contributed by atoms with Gasteiger partial charge in [0.25, 0.3) is 0 Å². The van der Waals surface area contributed by atoms with E-state index in [1.54, 1.807) is 4.90 Å². The smallest absolute Gasteiger partial charge is 0.245 e. The van der Waals surface area contributed by atoms with E-state index in [9.17, 15) is 9.59 Å². The first-order chi connectivity index (χ1) is 8.62. The van der Waals surface area contributed by atoms with Crippen molar-refractivity contribution in [2.24, 2.45) is 5.92 Å². The van der Waals surface area contributed by atoms with Crippen LogP contribution in [0.3, 0.4) is 0 Å². The third-order valence-electron chi connectivity index (χ3n) is 3.71. The van der Waals surface area contributed by atoms with Crippen LogP contribution in [-0.4, -0.2) is 35.8 Å². The molecule has 0 aromatic carbocycles. The summed E-state index contributed by atoms with van der Waals surface area (Å²) in [6.45, 7) is 7.24. The van der Waals surface area contributed by atoms with Gasteiger partial charge in [-0.1, -0.05) is 40.0 Å². The van der Waals surface area contributed by atoms with Crippen LogP contribution in [0.1, 0.15) is 52.9 Å². The first kappa shape index (κ1) is 15.0. The molecule has 2 amide bonds. The zero-order valence-electron chi connectivity index (χ0n) is 11.9. The number of carbonyl (C=O) groups excluding carboxylic acids is 2. The molecule has 0 aromatic rings. The SMILES string of the molecule is CCCCC(CC)CN1CC(=O)NC(CC)C1=O. The maximum absolute atomic E-state index is 12.1. The van der Waals surface area contributed by atoms with Crippen molar-refractivity contribution < 1.29 is 9.59 Å². The second-order valence-corrected chi connectivity index (χ2v) is 5.16. The van der Waals surface area contributed by atoms with Gasteiger partial charge in [-0.25, -0.2) is 0 Å². The van der Waals surface area contributed by atoms with Gasteiger partial charge in [0, 0.05) is 6.54 Å². The second kappa shape index (κ2) is 7.39. The Balaban J connectivity index is 2.57. The first-order valence-corrected chi connectivity index (χ1v) is 7.20. The lowest BCUT2D eigenvalue weighted by atomic mass is 9.97. The third-order valence-corrected chi connectivity index (χ3v) is 3.71. The van der Waals surface area contributed by atoms with Crippen molar-refractivity contribution in [3.8, 4) is 0 Å². The van der Waals surface area contributed by atoms with Crippen LogP contribution >= 0.6 is 0 Å². The number of hydrogen-bond donors (Lipinski definition) is 1. The van der Waals surface area contributed by atoms with Crippen molar-refractivity contribution in [2.45, 2.75) is 58.9 Å². The fourth-order valence-electron chi connectivity index (χ4n) is 2.43. The zero-order chi connectivity index (χ0) is 13.5. The van der Waals surface area contributed by atoms with Crippen molar-refractivity contribution in [1.29, 1.82) is 0 Å². The lowest BCUT2D eigenvalue weighted by molar-refractivity contribution is -0.145. The highest BCUT2D eigenvalue weighted by atomic mass is 16.2. The molecule has 0 saturated carbocycles. The van der Waals surface area contributed by atoms with Gasteiger partial charge in [0.05, 0.1) is 6.54 Å². The minimum atomic E-state index is -0.310. The molecule has 0 bridgehead atoms. The predicted octanol–water partition coefficient (Wildman–Crippen LogP) is 1.94. The fraction of sp³-hybridized carbons (Fsp3) is 0.857. The van der Waals surface area contributed by atoms with Crippen LogP contribution in [-0.2, 0) is 9.59 Å². The Labute approximate surface area is 110 Å². The highest BCUT2D eigenvalue weighted by Gasteiger charge is 2.32. The van der Waals surface area contributed by atoms with E-state index in [1.165, 1.54) is 12.8 Å². The molecular weight excluding hydrogens is 228 g/mol. The Hall–Kier alpha value is -1.06. The normalized spacial score (nSPS) is 21.9. The van der Waals surface area contributed by atoms with Gasteiger partial charge in [-0.15, -0.1) is 0 Å². The monoisotopic (exact) mass is 254 g/mol. The molecule has 1 saturated heterocycles. The van der Waals surface area contributed by atoms with Gasteiger partial charge in [0.2, 0.25) is 11.8 Å². The zero-order valence-corrected chi connectivity index (χ0v) is 11.9. The summed E-state index contributed by atoms with van der Waals surface area (Å²) in [4.78, 5) is 25.5. The molecule has 0 aliphatic carbocycles. The standard InChI is InChI=1S/C14H26N2O2/c1-4-7-8-11(5-2)9-16-10-13(17)15-12(6-3)14(16)18/h11-12H,4-10H2,1-3H3,(H,15,17). The lowest BCUT2D eigenvalue weighted by Crippen LogP contribution is -2.58. The van der Waals surface area contributed by atoms with Crippen LogP contribution in [0.2, 0.25) is 0 Å². The molecule has 1 aliphatic heterocycles. The summed E-state index contributed by atoms with van der Waals surface area (Å²) in [7, 11) is 0. The molecule has 104 valence electrons. The molecule has 18 heavy (non-hydrogen) atoms. The third kappa shape index (κ3) is 4.00. The number of piperazine rings is 1. The van der Waals surface area contributed by atoms with Gasteiger partial charge >= 0.3 is 0 Å². The summed E-state index contributed by atoms with van der Waals surface area (Å²) in [5.41, 5.74) is 0. The second-order valence-electron chi connectivity index (χ2n) is 5.16. The number of rotatable bonds is 7. The van der Waals surface area contributed by atoms with Crippen LogP contribution < -0.4 is 5.32 Å². The van der Waals surface area contributed by atoms with Crippen LogP contribution in [0.15, 0.2) is 0 Å². The number of unbranched alkanes of at least 4 members (excludes halogenated alkanes) is 1. The van der Waals surface area contributed by atoms with Gasteiger partial charge in [0.1, 0.15) is 6.04 Å². The molecule has 0 radical (unpaired) electrons. The van der Waals surface area contributed by atoms with E-state index in [-0.39, 0.29) is 24.4 Å². The molecule has 4 nitrogen and oxygen atoms in total. The highest BCUT2D eigenvalue weighted by Crippen LogP contribution is 2.16. The van der Waals surface area contributed by atoms with Crippen molar-refractivity contribution in [3.63, 3.8) is 0 Å². The average Bonchev–Trinajstić information content (AvgIpc) is 2.37. The van der Waals surface area contributed by atoms with Crippen molar-refractivity contribution >= 4 is 11.8 Å². The van der Waals surface area contributed by atoms with E-state index in [2.05, 4.69) is 19.2 Å². The summed E-state index contributed by atoms with van der Waals surface area (Å²) in [5, 5.41) is 2.75. The molecule has 1 N–H and O–H groups in total. The topological polar surface area (TPSA) is 49.4 Å². The minimum absolute atomic E-state index is 0.0215. The quantitative estimate of drug-likeness (QED) is 0.755. The van der Waals surface area contributed by atoms with Crippen LogP contribution in [0.25, 0.3) is 0 Å². The Morgan fingerprint density at radius 2 is 2.06 bits per heavy atom. The van der Waals surface area contributed by atoms with Gasteiger partial charge in [0.15, 0.2) is 0 Å². The Morgan fingerprint density at radius 3 is 2.61 bits per heavy atom. The number of nitrogens with zero attached hydrogens (tertiary/aromatic N) is 1. The van der Waals surface area contributed by atoms with Crippen molar-refractivity contribution in [2.75, 3.05) is 13.1 Å². The molecule has 0 aromatic heterocycles. The highest BCUT2D eigenvalue weighted by molar-refractivity contribution is 5.94. The summed E-state index contributed by atoms with van der Waals surface area (Å²) >= 11 is 0. The predicted molar refractivity (Wildman–Crippen MR) is 72.1 cm³/mol. The molecular formula is C14H26N2O2. The number of hydrogen-bond acceptors (Lipinski definition) is 2. The Kier molecular flexibility index (Phi) is 6.16. The van der Waals surface area contributed by atoms with Gasteiger partial charge in [-0.2, -0.15) is 0 Å². The van der Waals surface area contributed by atoms with E-state index < -0.39 is 0 Å². The lowest BCUT2D eigenvalue weighted by Gasteiger charge is -2.34. The fourth-order valence-corrected chi connectivity index (χ4v) is 2.43. The van der Waals surface area contributed by atoms with Crippen molar-refractivity contribution in [3.05, 3.63) is 0 Å². The molecule has 1 heterocycles. The van der Waals surface area contributed by atoms with Crippen LogP contribution in [0, 0.1) is 5.92 Å². The average molecular weight is 254 g/mol. The largest absolute Gasteiger partial charge is 0.343 e. The molecule has 1 aliphatic rings. The van der Waals surface area contributed by atoms with E-state index in [4.69, 9.17) is 0 Å². The van der Waals surface area contributed by atoms with E-state index in [1.807, 2.05) is 6.92 Å². The van der Waals surface area contributed by atoms with E-state index in [0.717, 1.165) is 19.4 Å². The molecule has 1 rings (SSSR count). The molecule has 2 atom stereocenters. The number of nitrogens with one attached hydrogen (secondary N) is 1. The molecule has 2 unspecified atom stereocenters. The van der Waals surface area contributed by atoms with E-state index in [0.29, 0.717) is 12.3 Å². The maximum atomic E-state index is 12.1. The summed E-state index contributed by atoms with van der Waals surface area (Å²) < 4.78 is 0.